The fourth-order valence-electron chi connectivity index (χ4n) is 6.69. The van der Waals surface area contributed by atoms with Crippen LogP contribution in [0.15, 0.2) is 140 Å². The van der Waals surface area contributed by atoms with Crippen molar-refractivity contribution in [2.45, 2.75) is 0 Å². The van der Waals surface area contributed by atoms with Gasteiger partial charge in [-0.25, -0.2) is 0 Å². The smallest absolute Gasteiger partial charge is 0.0783 e. The van der Waals surface area contributed by atoms with E-state index < -0.39 is 0 Å². The molecule has 1 aliphatic heterocycles. The molecule has 0 amide bonds. The van der Waals surface area contributed by atoms with Crippen LogP contribution < -0.4 is 4.90 Å². The van der Waals surface area contributed by atoms with E-state index in [0.717, 1.165) is 0 Å². The SMILES string of the molecule is c1ccc(N2c3ccccc3-n3c4c2cccc4c2ccc4c(c5ccccc5n4-c4ccccc4)c23)cc1. The molecule has 3 heteroatoms. The van der Waals surface area contributed by atoms with E-state index in [2.05, 4.69) is 154 Å². The van der Waals surface area contributed by atoms with E-state index in [1.807, 2.05) is 0 Å². The normalized spacial score (nSPS) is 12.6. The quantitative estimate of drug-likeness (QED) is 0.232. The molecule has 3 nitrogen and oxygen atoms in total. The third-order valence-corrected chi connectivity index (χ3v) is 8.20. The summed E-state index contributed by atoms with van der Waals surface area (Å²) in [7, 11) is 0. The van der Waals surface area contributed by atoms with Crippen LogP contribution in [0, 0.1) is 0 Å². The van der Waals surface area contributed by atoms with Crippen LogP contribution in [-0.2, 0) is 0 Å². The maximum absolute atomic E-state index is 2.51. The van der Waals surface area contributed by atoms with Gasteiger partial charge in [-0.3, -0.25) is 0 Å². The maximum Gasteiger partial charge on any atom is 0.0783 e. The van der Waals surface area contributed by atoms with Crippen LogP contribution in [0.3, 0.4) is 0 Å². The van der Waals surface area contributed by atoms with E-state index in [1.165, 1.54) is 72.0 Å². The van der Waals surface area contributed by atoms with Crippen LogP contribution >= 0.6 is 0 Å². The summed E-state index contributed by atoms with van der Waals surface area (Å²) in [6.07, 6.45) is 0. The molecule has 0 aliphatic carbocycles. The number of anilines is 3. The third-order valence-electron chi connectivity index (χ3n) is 8.20. The van der Waals surface area contributed by atoms with Crippen molar-refractivity contribution in [2.75, 3.05) is 4.90 Å². The Morgan fingerprint density at radius 2 is 0.949 bits per heavy atom. The minimum atomic E-state index is 1.17. The number of hydrogen-bond acceptors (Lipinski definition) is 1. The molecule has 0 saturated heterocycles. The molecule has 0 radical (unpaired) electrons. The van der Waals surface area contributed by atoms with E-state index in [4.69, 9.17) is 0 Å². The highest BCUT2D eigenvalue weighted by Gasteiger charge is 2.29. The molecule has 0 atom stereocenters. The van der Waals surface area contributed by atoms with Crippen molar-refractivity contribution in [1.29, 1.82) is 0 Å². The van der Waals surface area contributed by atoms with Gasteiger partial charge in [0.15, 0.2) is 0 Å². The molecule has 0 bridgehead atoms. The summed E-state index contributed by atoms with van der Waals surface area (Å²) in [5.41, 5.74) is 10.9. The Bertz CT molecular complexity index is 2220. The highest BCUT2D eigenvalue weighted by Crippen LogP contribution is 2.51. The van der Waals surface area contributed by atoms with E-state index in [0.29, 0.717) is 0 Å². The molecule has 0 unspecified atom stereocenters. The standard InChI is InChI=1S/C36H23N3/c1-3-12-24(13-4-1)37-29-18-8-7-16-28(29)34-32(37)23-22-27-26-17-11-21-33-35(26)39(36(27)34)31-20-10-9-19-30(31)38(33)25-14-5-2-6-15-25/h1-23H. The van der Waals surface area contributed by atoms with E-state index >= 15 is 0 Å². The lowest BCUT2D eigenvalue weighted by Crippen LogP contribution is -2.17. The average molecular weight is 498 g/mol. The van der Waals surface area contributed by atoms with Gasteiger partial charge in [0.1, 0.15) is 0 Å². The Balaban J connectivity index is 1.52. The van der Waals surface area contributed by atoms with Crippen LogP contribution in [0.4, 0.5) is 17.1 Å². The highest BCUT2D eigenvalue weighted by atomic mass is 15.2. The molecule has 3 heterocycles. The van der Waals surface area contributed by atoms with E-state index in [1.54, 1.807) is 0 Å². The lowest BCUT2D eigenvalue weighted by molar-refractivity contribution is 1.12. The van der Waals surface area contributed by atoms with Gasteiger partial charge in [0.05, 0.1) is 39.1 Å². The number of nitrogens with zero attached hydrogens (tertiary/aromatic N) is 3. The predicted molar refractivity (Wildman–Crippen MR) is 163 cm³/mol. The van der Waals surface area contributed by atoms with Gasteiger partial charge in [0.25, 0.3) is 0 Å². The van der Waals surface area contributed by atoms with Crippen molar-refractivity contribution in [2.24, 2.45) is 0 Å². The minimum Gasteiger partial charge on any atom is -0.309 e. The Hall–Kier alpha value is -5.28. The van der Waals surface area contributed by atoms with Crippen molar-refractivity contribution in [3.8, 4) is 11.4 Å². The predicted octanol–water partition coefficient (Wildman–Crippen LogP) is 9.66. The molecule has 6 aromatic carbocycles. The minimum absolute atomic E-state index is 1.17. The zero-order chi connectivity index (χ0) is 25.5. The number of benzene rings is 6. The summed E-state index contributed by atoms with van der Waals surface area (Å²) in [6.45, 7) is 0. The van der Waals surface area contributed by atoms with Crippen molar-refractivity contribution in [3.63, 3.8) is 0 Å². The first-order valence-corrected chi connectivity index (χ1v) is 13.4. The van der Waals surface area contributed by atoms with Gasteiger partial charge in [-0.2, -0.15) is 0 Å². The third kappa shape index (κ3) is 2.66. The first-order valence-electron chi connectivity index (χ1n) is 13.4. The lowest BCUT2D eigenvalue weighted by Gasteiger charge is -2.33. The number of aromatic nitrogens is 2. The fourth-order valence-corrected chi connectivity index (χ4v) is 6.69. The summed E-state index contributed by atoms with van der Waals surface area (Å²) in [5, 5.41) is 5.11. The van der Waals surface area contributed by atoms with Gasteiger partial charge < -0.3 is 14.0 Å². The molecule has 0 fully saturated rings. The van der Waals surface area contributed by atoms with Crippen molar-refractivity contribution in [3.05, 3.63) is 140 Å². The van der Waals surface area contributed by atoms with Crippen LogP contribution in [-0.4, -0.2) is 9.13 Å². The summed E-state index contributed by atoms with van der Waals surface area (Å²) < 4.78 is 4.92. The number of rotatable bonds is 2. The van der Waals surface area contributed by atoms with Crippen molar-refractivity contribution < 1.29 is 0 Å². The molecule has 9 rings (SSSR count). The van der Waals surface area contributed by atoms with Gasteiger partial charge in [0, 0.05) is 32.9 Å². The summed E-state index contributed by atoms with van der Waals surface area (Å²) in [5.74, 6) is 0. The van der Waals surface area contributed by atoms with Crippen molar-refractivity contribution in [1.82, 2.24) is 9.13 Å². The maximum atomic E-state index is 2.51. The fraction of sp³-hybridized carbons (Fsp3) is 0. The van der Waals surface area contributed by atoms with Gasteiger partial charge >= 0.3 is 0 Å². The van der Waals surface area contributed by atoms with Gasteiger partial charge in [-0.1, -0.05) is 84.9 Å². The van der Waals surface area contributed by atoms with E-state index in [9.17, 15) is 0 Å². The second kappa shape index (κ2) is 7.62. The molecular formula is C36H23N3. The molecular weight excluding hydrogens is 474 g/mol. The van der Waals surface area contributed by atoms with Crippen LogP contribution in [0.2, 0.25) is 0 Å². The largest absolute Gasteiger partial charge is 0.309 e. The molecule has 0 spiro atoms. The summed E-state index contributed by atoms with van der Waals surface area (Å²) in [4.78, 5) is 2.40. The van der Waals surface area contributed by atoms with Crippen LogP contribution in [0.5, 0.6) is 0 Å². The molecule has 39 heavy (non-hydrogen) atoms. The van der Waals surface area contributed by atoms with Gasteiger partial charge in [-0.05, 0) is 54.6 Å². The summed E-state index contributed by atoms with van der Waals surface area (Å²) >= 11 is 0. The zero-order valence-corrected chi connectivity index (χ0v) is 21.1. The van der Waals surface area contributed by atoms with E-state index in [-0.39, 0.29) is 0 Å². The second-order valence-corrected chi connectivity index (χ2v) is 10.2. The highest BCUT2D eigenvalue weighted by molar-refractivity contribution is 6.28. The zero-order valence-electron chi connectivity index (χ0n) is 21.1. The Morgan fingerprint density at radius 1 is 0.333 bits per heavy atom. The first-order chi connectivity index (χ1) is 19.4. The Kier molecular flexibility index (Phi) is 4.05. The number of hydrogen-bond donors (Lipinski definition) is 0. The Labute approximate surface area is 225 Å². The molecule has 0 saturated carbocycles. The average Bonchev–Trinajstić information content (AvgIpc) is 3.52. The van der Waals surface area contributed by atoms with Gasteiger partial charge in [-0.15, -0.1) is 0 Å². The Morgan fingerprint density at radius 3 is 1.77 bits per heavy atom. The van der Waals surface area contributed by atoms with Crippen LogP contribution in [0.25, 0.3) is 55.0 Å². The molecule has 2 aromatic heterocycles. The van der Waals surface area contributed by atoms with Crippen LogP contribution in [0.1, 0.15) is 0 Å². The molecule has 0 N–H and O–H groups in total. The van der Waals surface area contributed by atoms with Crippen molar-refractivity contribution >= 4 is 60.7 Å². The monoisotopic (exact) mass is 497 g/mol. The topological polar surface area (TPSA) is 13.1 Å². The molecule has 1 aliphatic rings. The number of fused-ring (bicyclic) bond motifs is 9. The lowest BCUT2D eigenvalue weighted by atomic mass is 10.1. The molecule has 182 valence electrons. The van der Waals surface area contributed by atoms with Gasteiger partial charge in [0.2, 0.25) is 0 Å². The first kappa shape index (κ1) is 20.7. The second-order valence-electron chi connectivity index (χ2n) is 10.2. The summed E-state index contributed by atoms with van der Waals surface area (Å²) in [6, 6.07) is 50.4. The number of para-hydroxylation sites is 6. The molecule has 8 aromatic rings.